The minimum atomic E-state index is -0.806. The minimum Gasteiger partial charge on any atom is -0.399 e. The SMILES string of the molecule is CC(C)C(C)S(=O)CCc1nc2ccc(N)cc2[nH]1. The number of imidazole rings is 1. The van der Waals surface area contributed by atoms with Crippen LogP contribution in [0.3, 0.4) is 0 Å². The smallest absolute Gasteiger partial charge is 0.108 e. The number of aromatic nitrogens is 2. The lowest BCUT2D eigenvalue weighted by molar-refractivity contribution is 0.604. The Kier molecular flexibility index (Phi) is 4.24. The van der Waals surface area contributed by atoms with E-state index in [-0.39, 0.29) is 5.25 Å². The van der Waals surface area contributed by atoms with E-state index in [0.717, 1.165) is 22.5 Å². The monoisotopic (exact) mass is 279 g/mol. The third kappa shape index (κ3) is 3.35. The summed E-state index contributed by atoms with van der Waals surface area (Å²) >= 11 is 0. The first kappa shape index (κ1) is 14.1. The van der Waals surface area contributed by atoms with Crippen molar-refractivity contribution in [2.24, 2.45) is 5.92 Å². The largest absolute Gasteiger partial charge is 0.399 e. The minimum absolute atomic E-state index is 0.222. The molecular weight excluding hydrogens is 258 g/mol. The highest BCUT2D eigenvalue weighted by atomic mass is 32.2. The summed E-state index contributed by atoms with van der Waals surface area (Å²) in [6.07, 6.45) is 0.707. The number of anilines is 1. The quantitative estimate of drug-likeness (QED) is 0.826. The molecule has 0 aliphatic rings. The lowest BCUT2D eigenvalue weighted by atomic mass is 10.2. The van der Waals surface area contributed by atoms with Crippen LogP contribution in [0.2, 0.25) is 0 Å². The molecule has 0 radical (unpaired) electrons. The van der Waals surface area contributed by atoms with Crippen molar-refractivity contribution in [3.8, 4) is 0 Å². The van der Waals surface area contributed by atoms with Crippen molar-refractivity contribution in [2.45, 2.75) is 32.4 Å². The predicted octanol–water partition coefficient (Wildman–Crippen LogP) is 2.48. The fraction of sp³-hybridized carbons (Fsp3) is 0.500. The van der Waals surface area contributed by atoms with Crippen molar-refractivity contribution in [2.75, 3.05) is 11.5 Å². The summed E-state index contributed by atoms with van der Waals surface area (Å²) < 4.78 is 12.1. The van der Waals surface area contributed by atoms with Crippen LogP contribution in [0.4, 0.5) is 5.69 Å². The Bertz CT molecular complexity index is 591. The Labute approximate surface area is 116 Å². The molecule has 0 saturated heterocycles. The topological polar surface area (TPSA) is 71.8 Å². The number of hydrogen-bond donors (Lipinski definition) is 2. The average Bonchev–Trinajstić information content (AvgIpc) is 2.76. The van der Waals surface area contributed by atoms with E-state index in [4.69, 9.17) is 5.73 Å². The number of aromatic amines is 1. The van der Waals surface area contributed by atoms with Crippen LogP contribution in [-0.2, 0) is 17.2 Å². The summed E-state index contributed by atoms with van der Waals surface area (Å²) in [7, 11) is -0.806. The molecule has 0 saturated carbocycles. The van der Waals surface area contributed by atoms with Crippen LogP contribution in [0.5, 0.6) is 0 Å². The molecule has 2 atom stereocenters. The van der Waals surface area contributed by atoms with Gasteiger partial charge in [-0.15, -0.1) is 0 Å². The summed E-state index contributed by atoms with van der Waals surface area (Å²) in [5.41, 5.74) is 8.31. The van der Waals surface area contributed by atoms with E-state index in [1.165, 1.54) is 0 Å². The average molecular weight is 279 g/mol. The zero-order valence-electron chi connectivity index (χ0n) is 11.6. The highest BCUT2D eigenvalue weighted by molar-refractivity contribution is 7.85. The van der Waals surface area contributed by atoms with Crippen molar-refractivity contribution >= 4 is 27.5 Å². The van der Waals surface area contributed by atoms with E-state index in [2.05, 4.69) is 23.8 Å². The summed E-state index contributed by atoms with van der Waals surface area (Å²) in [5.74, 6) is 1.97. The number of benzene rings is 1. The van der Waals surface area contributed by atoms with Gasteiger partial charge in [0.25, 0.3) is 0 Å². The molecular formula is C14H21N3OS. The number of hydrogen-bond acceptors (Lipinski definition) is 3. The molecule has 104 valence electrons. The number of H-pyrrole nitrogens is 1. The van der Waals surface area contributed by atoms with Crippen LogP contribution in [-0.4, -0.2) is 25.2 Å². The number of nitrogens with two attached hydrogens (primary N) is 1. The second-order valence-electron chi connectivity index (χ2n) is 5.24. The molecule has 4 nitrogen and oxygen atoms in total. The van der Waals surface area contributed by atoms with Gasteiger partial charge in [-0.05, 0) is 24.1 Å². The second kappa shape index (κ2) is 5.74. The third-order valence-electron chi connectivity index (χ3n) is 3.45. The number of fused-ring (bicyclic) bond motifs is 1. The van der Waals surface area contributed by atoms with Gasteiger partial charge in [0.05, 0.1) is 11.0 Å². The highest BCUT2D eigenvalue weighted by Gasteiger charge is 2.15. The van der Waals surface area contributed by atoms with Crippen molar-refractivity contribution in [1.82, 2.24) is 9.97 Å². The van der Waals surface area contributed by atoms with E-state index in [9.17, 15) is 4.21 Å². The first-order valence-electron chi connectivity index (χ1n) is 6.58. The Morgan fingerprint density at radius 3 is 2.79 bits per heavy atom. The van der Waals surface area contributed by atoms with Gasteiger partial charge in [0.15, 0.2) is 0 Å². The second-order valence-corrected chi connectivity index (χ2v) is 7.16. The Morgan fingerprint density at radius 2 is 2.11 bits per heavy atom. The van der Waals surface area contributed by atoms with Gasteiger partial charge in [0, 0.05) is 33.9 Å². The molecule has 5 heteroatoms. The van der Waals surface area contributed by atoms with Crippen molar-refractivity contribution in [3.63, 3.8) is 0 Å². The van der Waals surface area contributed by atoms with Gasteiger partial charge in [0.1, 0.15) is 5.82 Å². The fourth-order valence-corrected chi connectivity index (χ4v) is 3.26. The molecule has 2 rings (SSSR count). The molecule has 2 unspecified atom stereocenters. The number of rotatable bonds is 5. The first-order valence-corrected chi connectivity index (χ1v) is 7.97. The van der Waals surface area contributed by atoms with Crippen LogP contribution >= 0.6 is 0 Å². The molecule has 3 N–H and O–H groups in total. The number of nitrogen functional groups attached to an aromatic ring is 1. The molecule has 0 aliphatic carbocycles. The van der Waals surface area contributed by atoms with Crippen LogP contribution < -0.4 is 5.73 Å². The molecule has 0 amide bonds. The lowest BCUT2D eigenvalue weighted by Gasteiger charge is -2.14. The predicted molar refractivity (Wildman–Crippen MR) is 81.5 cm³/mol. The maximum Gasteiger partial charge on any atom is 0.108 e. The molecule has 0 bridgehead atoms. The van der Waals surface area contributed by atoms with Gasteiger partial charge in [-0.1, -0.05) is 20.8 Å². The molecule has 1 aromatic carbocycles. The summed E-state index contributed by atoms with van der Waals surface area (Å²) in [4.78, 5) is 7.72. The van der Waals surface area contributed by atoms with E-state index in [0.29, 0.717) is 18.1 Å². The van der Waals surface area contributed by atoms with E-state index >= 15 is 0 Å². The van der Waals surface area contributed by atoms with E-state index in [1.54, 1.807) is 0 Å². The number of nitrogens with zero attached hydrogens (tertiary/aromatic N) is 1. The van der Waals surface area contributed by atoms with Crippen LogP contribution in [0.25, 0.3) is 11.0 Å². The fourth-order valence-electron chi connectivity index (χ4n) is 1.89. The third-order valence-corrected chi connectivity index (χ3v) is 5.43. The van der Waals surface area contributed by atoms with Gasteiger partial charge in [-0.3, -0.25) is 4.21 Å². The maximum absolute atomic E-state index is 12.1. The van der Waals surface area contributed by atoms with Gasteiger partial charge in [-0.25, -0.2) is 4.98 Å². The van der Waals surface area contributed by atoms with Crippen molar-refractivity contribution < 1.29 is 4.21 Å². The Hall–Kier alpha value is -1.36. The lowest BCUT2D eigenvalue weighted by Crippen LogP contribution is -2.21. The number of nitrogens with one attached hydrogen (secondary N) is 1. The van der Waals surface area contributed by atoms with Crippen LogP contribution in [0.1, 0.15) is 26.6 Å². The molecule has 0 fully saturated rings. The van der Waals surface area contributed by atoms with Crippen LogP contribution in [0, 0.1) is 5.92 Å². The van der Waals surface area contributed by atoms with E-state index < -0.39 is 10.8 Å². The summed E-state index contributed by atoms with van der Waals surface area (Å²) in [5, 5.41) is 0.222. The highest BCUT2D eigenvalue weighted by Crippen LogP contribution is 2.16. The van der Waals surface area contributed by atoms with Gasteiger partial charge >= 0.3 is 0 Å². The van der Waals surface area contributed by atoms with Gasteiger partial charge < -0.3 is 10.7 Å². The van der Waals surface area contributed by atoms with Crippen LogP contribution in [0.15, 0.2) is 18.2 Å². The van der Waals surface area contributed by atoms with E-state index in [1.807, 2.05) is 25.1 Å². The zero-order valence-corrected chi connectivity index (χ0v) is 12.5. The zero-order chi connectivity index (χ0) is 14.0. The maximum atomic E-state index is 12.1. The molecule has 1 aromatic heterocycles. The normalized spacial score (nSPS) is 14.9. The van der Waals surface area contributed by atoms with Crippen molar-refractivity contribution in [3.05, 3.63) is 24.0 Å². The first-order chi connectivity index (χ1) is 8.97. The van der Waals surface area contributed by atoms with Crippen molar-refractivity contribution in [1.29, 1.82) is 0 Å². The Balaban J connectivity index is 2.04. The van der Waals surface area contributed by atoms with Gasteiger partial charge in [0.2, 0.25) is 0 Å². The molecule has 2 aromatic rings. The molecule has 0 spiro atoms. The molecule has 1 heterocycles. The summed E-state index contributed by atoms with van der Waals surface area (Å²) in [6.45, 7) is 6.25. The van der Waals surface area contributed by atoms with Gasteiger partial charge in [-0.2, -0.15) is 0 Å². The Morgan fingerprint density at radius 1 is 1.37 bits per heavy atom. The molecule has 19 heavy (non-hydrogen) atoms. The standard InChI is InChI=1S/C14H21N3OS/c1-9(2)10(3)19(18)7-6-14-16-12-5-4-11(15)8-13(12)17-14/h4-5,8-10H,6-7,15H2,1-3H3,(H,16,17). The molecule has 0 aliphatic heterocycles. The number of aryl methyl sites for hydroxylation is 1. The summed E-state index contributed by atoms with van der Waals surface area (Å²) in [6, 6.07) is 5.61.